The molecule has 2 saturated carbocycles. The summed E-state index contributed by atoms with van der Waals surface area (Å²) in [5.41, 5.74) is 0.297. The molecule has 96 valence electrons. The highest BCUT2D eigenvalue weighted by Crippen LogP contribution is 2.43. The lowest BCUT2D eigenvalue weighted by Gasteiger charge is -2.28. The first kappa shape index (κ1) is 11.6. The van der Waals surface area contributed by atoms with E-state index in [1.807, 2.05) is 6.07 Å². The second-order valence-corrected chi connectivity index (χ2v) is 5.59. The molecule has 3 atom stereocenters. The average Bonchev–Trinajstić information content (AvgIpc) is 2.69. The number of fused-ring (bicyclic) bond motifs is 2. The van der Waals surface area contributed by atoms with Crippen LogP contribution in [0.5, 0.6) is 5.75 Å². The Kier molecular flexibility index (Phi) is 2.98. The summed E-state index contributed by atoms with van der Waals surface area (Å²) in [6.45, 7) is 0. The Labute approximate surface area is 107 Å². The van der Waals surface area contributed by atoms with E-state index in [4.69, 9.17) is 9.84 Å². The van der Waals surface area contributed by atoms with Gasteiger partial charge in [0, 0.05) is 0 Å². The highest BCUT2D eigenvalue weighted by Gasteiger charge is 2.35. The highest BCUT2D eigenvalue weighted by molar-refractivity contribution is 5.87. The Bertz CT molecular complexity index is 443. The number of benzene rings is 1. The molecule has 18 heavy (non-hydrogen) atoms. The van der Waals surface area contributed by atoms with E-state index in [2.05, 4.69) is 0 Å². The Morgan fingerprint density at radius 2 is 1.89 bits per heavy atom. The number of rotatable bonds is 3. The van der Waals surface area contributed by atoms with E-state index >= 15 is 0 Å². The molecule has 0 radical (unpaired) electrons. The maximum Gasteiger partial charge on any atom is 0.335 e. The van der Waals surface area contributed by atoms with Crippen LogP contribution in [-0.4, -0.2) is 17.2 Å². The maximum atomic E-state index is 10.9. The number of ether oxygens (including phenoxy) is 1. The summed E-state index contributed by atoms with van der Waals surface area (Å²) in [4.78, 5) is 10.9. The first-order chi connectivity index (χ1) is 8.70. The molecular weight excluding hydrogens is 228 g/mol. The van der Waals surface area contributed by atoms with Gasteiger partial charge in [0.25, 0.3) is 0 Å². The zero-order chi connectivity index (χ0) is 12.5. The molecule has 3 heteroatoms. The van der Waals surface area contributed by atoms with E-state index in [0.717, 1.165) is 24.7 Å². The quantitative estimate of drug-likeness (QED) is 0.889. The summed E-state index contributed by atoms with van der Waals surface area (Å²) in [5.74, 6) is 1.46. The molecule has 1 aromatic carbocycles. The van der Waals surface area contributed by atoms with Gasteiger partial charge in [-0.15, -0.1) is 0 Å². The fourth-order valence-electron chi connectivity index (χ4n) is 3.44. The second kappa shape index (κ2) is 4.63. The van der Waals surface area contributed by atoms with Gasteiger partial charge in [-0.3, -0.25) is 0 Å². The topological polar surface area (TPSA) is 46.5 Å². The Morgan fingerprint density at radius 1 is 1.17 bits per heavy atom. The average molecular weight is 246 g/mol. The second-order valence-electron chi connectivity index (χ2n) is 5.59. The van der Waals surface area contributed by atoms with Crippen LogP contribution in [0.4, 0.5) is 0 Å². The number of carboxylic acids is 1. The molecule has 2 aliphatic rings. The zero-order valence-corrected chi connectivity index (χ0v) is 10.3. The molecule has 2 bridgehead atoms. The molecule has 3 nitrogen and oxygen atoms in total. The summed E-state index contributed by atoms with van der Waals surface area (Å²) in [6, 6.07) is 6.82. The minimum Gasteiger partial charge on any atom is -0.490 e. The normalized spacial score (nSPS) is 30.1. The molecule has 3 rings (SSSR count). The maximum absolute atomic E-state index is 10.9. The molecule has 0 heterocycles. The fourth-order valence-corrected chi connectivity index (χ4v) is 3.44. The third-order valence-electron chi connectivity index (χ3n) is 4.23. The van der Waals surface area contributed by atoms with Gasteiger partial charge in [-0.2, -0.15) is 0 Å². The lowest BCUT2D eigenvalue weighted by molar-refractivity contribution is 0.0695. The first-order valence-electron chi connectivity index (χ1n) is 6.70. The van der Waals surface area contributed by atoms with Crippen LogP contribution in [0.25, 0.3) is 0 Å². The Morgan fingerprint density at radius 3 is 2.56 bits per heavy atom. The van der Waals surface area contributed by atoms with E-state index < -0.39 is 5.97 Å². The third-order valence-corrected chi connectivity index (χ3v) is 4.23. The fraction of sp³-hybridized carbons (Fsp3) is 0.533. The van der Waals surface area contributed by atoms with Crippen LogP contribution < -0.4 is 4.74 Å². The number of hydrogen-bond acceptors (Lipinski definition) is 2. The molecule has 0 amide bonds. The summed E-state index contributed by atoms with van der Waals surface area (Å²) in [7, 11) is 0. The van der Waals surface area contributed by atoms with Crippen molar-refractivity contribution in [1.82, 2.24) is 0 Å². The van der Waals surface area contributed by atoms with Gasteiger partial charge in [0.05, 0.1) is 11.7 Å². The first-order valence-corrected chi connectivity index (χ1v) is 6.70. The highest BCUT2D eigenvalue weighted by atomic mass is 16.5. The Balaban J connectivity index is 1.69. The molecule has 1 N–H and O–H groups in total. The largest absolute Gasteiger partial charge is 0.490 e. The van der Waals surface area contributed by atoms with Gasteiger partial charge in [-0.05, 0) is 49.3 Å². The zero-order valence-electron chi connectivity index (χ0n) is 10.3. The summed E-state index contributed by atoms with van der Waals surface area (Å²) in [5, 5.41) is 8.95. The van der Waals surface area contributed by atoms with Gasteiger partial charge >= 0.3 is 5.97 Å². The number of aromatic carboxylic acids is 1. The number of carbonyl (C=O) groups is 1. The standard InChI is InChI=1S/C15H18O3/c16-15(17)12-2-1-3-13(9-12)18-14-7-10-4-5-11(6-10)8-14/h1-3,9-11,14H,4-8H2,(H,16,17)/t10-,11+,14-. The van der Waals surface area contributed by atoms with Crippen LogP contribution in [-0.2, 0) is 0 Å². The smallest absolute Gasteiger partial charge is 0.335 e. The van der Waals surface area contributed by atoms with Crippen molar-refractivity contribution >= 4 is 5.97 Å². The number of hydrogen-bond donors (Lipinski definition) is 1. The molecule has 0 unspecified atom stereocenters. The third kappa shape index (κ3) is 2.35. The summed E-state index contributed by atoms with van der Waals surface area (Å²) >= 11 is 0. The van der Waals surface area contributed by atoms with Crippen LogP contribution in [0.15, 0.2) is 24.3 Å². The van der Waals surface area contributed by atoms with Gasteiger partial charge < -0.3 is 9.84 Å². The van der Waals surface area contributed by atoms with Crippen LogP contribution >= 0.6 is 0 Å². The van der Waals surface area contributed by atoms with Crippen molar-refractivity contribution in [3.05, 3.63) is 29.8 Å². The van der Waals surface area contributed by atoms with Crippen molar-refractivity contribution in [3.8, 4) is 5.75 Å². The van der Waals surface area contributed by atoms with Crippen molar-refractivity contribution in [3.63, 3.8) is 0 Å². The minimum atomic E-state index is -0.899. The monoisotopic (exact) mass is 246 g/mol. The van der Waals surface area contributed by atoms with E-state index in [1.165, 1.54) is 19.3 Å². The van der Waals surface area contributed by atoms with Crippen LogP contribution in [0, 0.1) is 11.8 Å². The van der Waals surface area contributed by atoms with Crippen molar-refractivity contribution < 1.29 is 14.6 Å². The van der Waals surface area contributed by atoms with Gasteiger partial charge in [-0.1, -0.05) is 18.9 Å². The van der Waals surface area contributed by atoms with E-state index in [0.29, 0.717) is 11.3 Å². The van der Waals surface area contributed by atoms with Crippen molar-refractivity contribution in [2.75, 3.05) is 0 Å². The van der Waals surface area contributed by atoms with E-state index in [1.54, 1.807) is 18.2 Å². The Hall–Kier alpha value is -1.51. The van der Waals surface area contributed by atoms with E-state index in [-0.39, 0.29) is 6.10 Å². The van der Waals surface area contributed by atoms with Gasteiger partial charge in [-0.25, -0.2) is 4.79 Å². The molecule has 1 aromatic rings. The van der Waals surface area contributed by atoms with Crippen molar-refractivity contribution in [2.24, 2.45) is 11.8 Å². The predicted molar refractivity (Wildman–Crippen MR) is 67.9 cm³/mol. The predicted octanol–water partition coefficient (Wildman–Crippen LogP) is 3.34. The minimum absolute atomic E-state index is 0.278. The van der Waals surface area contributed by atoms with Crippen molar-refractivity contribution in [2.45, 2.75) is 38.2 Å². The van der Waals surface area contributed by atoms with Crippen LogP contribution in [0.2, 0.25) is 0 Å². The van der Waals surface area contributed by atoms with Gasteiger partial charge in [0.1, 0.15) is 5.75 Å². The van der Waals surface area contributed by atoms with Crippen LogP contribution in [0.3, 0.4) is 0 Å². The molecule has 2 aliphatic carbocycles. The van der Waals surface area contributed by atoms with Crippen molar-refractivity contribution in [1.29, 1.82) is 0 Å². The lowest BCUT2D eigenvalue weighted by Crippen LogP contribution is -2.26. The molecule has 0 saturated heterocycles. The summed E-state index contributed by atoms with van der Waals surface area (Å²) in [6.07, 6.45) is 6.61. The van der Waals surface area contributed by atoms with Gasteiger partial charge in [0.2, 0.25) is 0 Å². The SMILES string of the molecule is O=C(O)c1cccc(O[C@@H]2C[C@@H]3CC[C@@H](C3)C2)c1. The number of carboxylic acid groups (broad SMARTS) is 1. The molecule has 0 aliphatic heterocycles. The molecule has 0 aromatic heterocycles. The molecular formula is C15H18O3. The summed E-state index contributed by atoms with van der Waals surface area (Å²) < 4.78 is 5.96. The molecule has 0 spiro atoms. The van der Waals surface area contributed by atoms with Gasteiger partial charge in [0.15, 0.2) is 0 Å². The molecule has 2 fully saturated rings. The van der Waals surface area contributed by atoms with E-state index in [9.17, 15) is 4.79 Å². The van der Waals surface area contributed by atoms with Crippen LogP contribution in [0.1, 0.15) is 42.5 Å². The lowest BCUT2D eigenvalue weighted by atomic mass is 9.87.